The Morgan fingerprint density at radius 1 is 1.28 bits per heavy atom. The minimum Gasteiger partial charge on any atom is -0.481 e. The number of rotatable bonds is 8. The number of hydrogen-bond acceptors (Lipinski definition) is 3. The first kappa shape index (κ1) is 16.9. The zero-order valence-corrected chi connectivity index (χ0v) is 12.1. The van der Waals surface area contributed by atoms with Crippen molar-refractivity contribution in [2.45, 2.75) is 47.1 Å². The second-order valence-electron chi connectivity index (χ2n) is 5.32. The maximum Gasteiger partial charge on any atom is 0.309 e. The molecule has 0 aliphatic carbocycles. The van der Waals surface area contributed by atoms with E-state index < -0.39 is 11.4 Å². The number of carbonyl (C=O) groups excluding carboxylic acids is 1. The van der Waals surface area contributed by atoms with Gasteiger partial charge in [-0.15, -0.1) is 0 Å². The summed E-state index contributed by atoms with van der Waals surface area (Å²) in [6.45, 7) is 11.9. The second kappa shape index (κ2) is 7.36. The maximum absolute atomic E-state index is 11.7. The van der Waals surface area contributed by atoms with Crippen LogP contribution >= 0.6 is 0 Å². The van der Waals surface area contributed by atoms with Crippen molar-refractivity contribution in [3.05, 3.63) is 0 Å². The van der Waals surface area contributed by atoms with Crippen LogP contribution in [0.25, 0.3) is 0 Å². The number of hydrogen-bond donors (Lipinski definition) is 2. The Hall–Kier alpha value is -1.10. The van der Waals surface area contributed by atoms with Gasteiger partial charge in [0.25, 0.3) is 0 Å². The lowest BCUT2D eigenvalue weighted by molar-refractivity contribution is -0.149. The zero-order chi connectivity index (χ0) is 14.3. The van der Waals surface area contributed by atoms with E-state index in [1.54, 1.807) is 13.8 Å². The van der Waals surface area contributed by atoms with Crippen molar-refractivity contribution in [3.63, 3.8) is 0 Å². The number of nitrogens with zero attached hydrogens (tertiary/aromatic N) is 1. The van der Waals surface area contributed by atoms with E-state index in [1.807, 2.05) is 6.92 Å². The summed E-state index contributed by atoms with van der Waals surface area (Å²) in [5, 5.41) is 11.8. The molecule has 0 aromatic heterocycles. The van der Waals surface area contributed by atoms with E-state index in [9.17, 15) is 9.59 Å². The number of likely N-dealkylation sites (N-methyl/N-ethyl adjacent to an activating group) is 1. The highest BCUT2D eigenvalue weighted by atomic mass is 16.4. The Labute approximate surface area is 110 Å². The molecule has 0 heterocycles. The summed E-state index contributed by atoms with van der Waals surface area (Å²) in [6, 6.07) is 0.0296. The molecule has 0 spiro atoms. The largest absolute Gasteiger partial charge is 0.481 e. The average Bonchev–Trinajstić information content (AvgIpc) is 2.24. The van der Waals surface area contributed by atoms with Gasteiger partial charge in [0, 0.05) is 19.0 Å². The molecule has 18 heavy (non-hydrogen) atoms. The molecule has 0 aliphatic rings. The smallest absolute Gasteiger partial charge is 0.309 e. The van der Waals surface area contributed by atoms with Crippen molar-refractivity contribution < 1.29 is 14.7 Å². The fourth-order valence-electron chi connectivity index (χ4n) is 1.72. The maximum atomic E-state index is 11.7. The number of amides is 1. The third kappa shape index (κ3) is 6.00. The van der Waals surface area contributed by atoms with E-state index in [-0.39, 0.29) is 18.4 Å². The number of nitrogens with one attached hydrogen (secondary N) is 1. The van der Waals surface area contributed by atoms with Crippen LogP contribution in [0, 0.1) is 5.41 Å². The van der Waals surface area contributed by atoms with Gasteiger partial charge in [-0.25, -0.2) is 0 Å². The topological polar surface area (TPSA) is 69.6 Å². The second-order valence-corrected chi connectivity index (χ2v) is 5.32. The van der Waals surface area contributed by atoms with Crippen LogP contribution in [-0.4, -0.2) is 47.6 Å². The molecule has 106 valence electrons. The molecule has 0 radical (unpaired) electrons. The Bertz CT molecular complexity index is 286. The standard InChI is InChI=1S/C13H26N2O3/c1-6-15(7-2)9-10(3)14-11(16)8-13(4,5)12(17)18/h10H,6-9H2,1-5H3,(H,14,16)(H,17,18). The number of carboxylic acids is 1. The third-order valence-corrected chi connectivity index (χ3v) is 3.02. The van der Waals surface area contributed by atoms with Crippen molar-refractivity contribution in [1.82, 2.24) is 10.2 Å². The van der Waals surface area contributed by atoms with Crippen molar-refractivity contribution >= 4 is 11.9 Å². The van der Waals surface area contributed by atoms with Gasteiger partial charge >= 0.3 is 5.97 Å². The molecule has 0 saturated heterocycles. The fourth-order valence-corrected chi connectivity index (χ4v) is 1.72. The Kier molecular flexibility index (Phi) is 6.91. The van der Waals surface area contributed by atoms with Gasteiger partial charge in [-0.3, -0.25) is 9.59 Å². The molecule has 5 heteroatoms. The highest BCUT2D eigenvalue weighted by Crippen LogP contribution is 2.20. The quantitative estimate of drug-likeness (QED) is 0.689. The molecule has 0 bridgehead atoms. The summed E-state index contributed by atoms with van der Waals surface area (Å²) in [4.78, 5) is 24.9. The van der Waals surface area contributed by atoms with Crippen LogP contribution in [0.1, 0.15) is 41.0 Å². The Balaban J connectivity index is 4.20. The molecule has 0 aromatic carbocycles. The molecule has 5 nitrogen and oxygen atoms in total. The third-order valence-electron chi connectivity index (χ3n) is 3.02. The number of aliphatic carboxylic acids is 1. The first-order valence-corrected chi connectivity index (χ1v) is 6.48. The van der Waals surface area contributed by atoms with Gasteiger partial charge in [0.1, 0.15) is 0 Å². The first-order valence-electron chi connectivity index (χ1n) is 6.48. The Morgan fingerprint density at radius 2 is 1.78 bits per heavy atom. The molecule has 1 atom stereocenters. The Morgan fingerprint density at radius 3 is 2.17 bits per heavy atom. The molecular weight excluding hydrogens is 232 g/mol. The van der Waals surface area contributed by atoms with Crippen molar-refractivity contribution in [1.29, 1.82) is 0 Å². The molecule has 0 fully saturated rings. The molecule has 2 N–H and O–H groups in total. The predicted molar refractivity (Wildman–Crippen MR) is 71.4 cm³/mol. The lowest BCUT2D eigenvalue weighted by atomic mass is 9.89. The van der Waals surface area contributed by atoms with E-state index in [0.717, 1.165) is 19.6 Å². The van der Waals surface area contributed by atoms with Crippen LogP contribution < -0.4 is 5.32 Å². The van der Waals surface area contributed by atoms with E-state index in [2.05, 4.69) is 24.1 Å². The van der Waals surface area contributed by atoms with Crippen LogP contribution in [0.4, 0.5) is 0 Å². The molecule has 0 saturated carbocycles. The van der Waals surface area contributed by atoms with Crippen LogP contribution in [0.2, 0.25) is 0 Å². The van der Waals surface area contributed by atoms with Gasteiger partial charge < -0.3 is 15.3 Å². The van der Waals surface area contributed by atoms with E-state index >= 15 is 0 Å². The lowest BCUT2D eigenvalue weighted by Crippen LogP contribution is -2.43. The molecule has 0 aliphatic heterocycles. The molecule has 1 unspecified atom stereocenters. The fraction of sp³-hybridized carbons (Fsp3) is 0.846. The first-order chi connectivity index (χ1) is 8.22. The molecule has 0 aromatic rings. The van der Waals surface area contributed by atoms with E-state index in [0.29, 0.717) is 0 Å². The minimum atomic E-state index is -1.01. The van der Waals surface area contributed by atoms with Gasteiger partial charge in [-0.2, -0.15) is 0 Å². The van der Waals surface area contributed by atoms with Crippen molar-refractivity contribution in [3.8, 4) is 0 Å². The van der Waals surface area contributed by atoms with E-state index in [1.165, 1.54) is 0 Å². The lowest BCUT2D eigenvalue weighted by Gasteiger charge is -2.25. The summed E-state index contributed by atoms with van der Waals surface area (Å²) in [5.41, 5.74) is -1.01. The van der Waals surface area contributed by atoms with Gasteiger partial charge in [0.15, 0.2) is 0 Å². The highest BCUT2D eigenvalue weighted by molar-refractivity contribution is 5.84. The van der Waals surface area contributed by atoms with Crippen LogP contribution in [0.15, 0.2) is 0 Å². The van der Waals surface area contributed by atoms with Gasteiger partial charge in [0.05, 0.1) is 5.41 Å². The summed E-state index contributed by atoms with van der Waals surface area (Å²) in [6.07, 6.45) is 0.00488. The summed E-state index contributed by atoms with van der Waals surface area (Å²) in [7, 11) is 0. The number of carboxylic acid groups (broad SMARTS) is 1. The zero-order valence-electron chi connectivity index (χ0n) is 12.1. The average molecular weight is 258 g/mol. The molecule has 0 rings (SSSR count). The highest BCUT2D eigenvalue weighted by Gasteiger charge is 2.30. The van der Waals surface area contributed by atoms with Crippen LogP contribution in [-0.2, 0) is 9.59 Å². The SMILES string of the molecule is CCN(CC)CC(C)NC(=O)CC(C)(C)C(=O)O. The van der Waals surface area contributed by atoms with Crippen molar-refractivity contribution in [2.75, 3.05) is 19.6 Å². The summed E-state index contributed by atoms with van der Waals surface area (Å²) >= 11 is 0. The molecule has 1 amide bonds. The van der Waals surface area contributed by atoms with Crippen LogP contribution in [0.3, 0.4) is 0 Å². The monoisotopic (exact) mass is 258 g/mol. The minimum absolute atomic E-state index is 0.00488. The normalized spacial score (nSPS) is 13.4. The van der Waals surface area contributed by atoms with Gasteiger partial charge in [0.2, 0.25) is 5.91 Å². The molecular formula is C13H26N2O3. The van der Waals surface area contributed by atoms with Gasteiger partial charge in [-0.05, 0) is 33.9 Å². The van der Waals surface area contributed by atoms with E-state index in [4.69, 9.17) is 5.11 Å². The summed E-state index contributed by atoms with van der Waals surface area (Å²) < 4.78 is 0. The van der Waals surface area contributed by atoms with Crippen molar-refractivity contribution in [2.24, 2.45) is 5.41 Å². The predicted octanol–water partition coefficient (Wildman–Crippen LogP) is 1.33. The van der Waals surface area contributed by atoms with Crippen LogP contribution in [0.5, 0.6) is 0 Å². The number of carbonyl (C=O) groups is 2. The van der Waals surface area contributed by atoms with Gasteiger partial charge in [-0.1, -0.05) is 13.8 Å². The summed E-state index contributed by atoms with van der Waals surface area (Å²) in [5.74, 6) is -1.16.